The van der Waals surface area contributed by atoms with Gasteiger partial charge < -0.3 is 11.1 Å². The number of thiophene rings is 1. The van der Waals surface area contributed by atoms with E-state index < -0.39 is 0 Å². The number of carbonyl (C=O) groups excluding carboxylic acids is 1. The lowest BCUT2D eigenvalue weighted by Crippen LogP contribution is -2.10. The molecule has 0 aliphatic rings. The van der Waals surface area contributed by atoms with Crippen LogP contribution < -0.4 is 11.1 Å². The van der Waals surface area contributed by atoms with Crippen LogP contribution in [0.15, 0.2) is 36.4 Å². The molecule has 22 heavy (non-hydrogen) atoms. The molecule has 0 fully saturated rings. The number of fused-ring (bicyclic) bond motifs is 1. The fraction of sp³-hybridized carbons (Fsp3) is 0. The third-order valence-electron chi connectivity index (χ3n) is 3.08. The van der Waals surface area contributed by atoms with E-state index in [0.717, 1.165) is 10.1 Å². The largest absolute Gasteiger partial charge is 0.396 e. The number of hydrogen-bond acceptors (Lipinski definition) is 3. The fourth-order valence-electron chi connectivity index (χ4n) is 2.00. The molecular formula is C15H9Cl3N2OS. The number of halogens is 3. The van der Waals surface area contributed by atoms with Crippen molar-refractivity contribution in [1.29, 1.82) is 0 Å². The third kappa shape index (κ3) is 2.75. The molecule has 0 unspecified atom stereocenters. The van der Waals surface area contributed by atoms with E-state index in [2.05, 4.69) is 5.32 Å². The van der Waals surface area contributed by atoms with Gasteiger partial charge in [-0.1, -0.05) is 53.0 Å². The van der Waals surface area contributed by atoms with Crippen molar-refractivity contribution in [2.45, 2.75) is 0 Å². The average Bonchev–Trinajstić information content (AvgIpc) is 2.82. The Bertz CT molecular complexity index is 869. The summed E-state index contributed by atoms with van der Waals surface area (Å²) < 4.78 is 0.950. The number of nitrogen functional groups attached to an aromatic ring is 1. The summed E-state index contributed by atoms with van der Waals surface area (Å²) in [5, 5.41) is 4.59. The van der Waals surface area contributed by atoms with Gasteiger partial charge in [0.15, 0.2) is 0 Å². The lowest BCUT2D eigenvalue weighted by atomic mass is 10.2. The number of carbonyl (C=O) groups is 1. The minimum Gasteiger partial charge on any atom is -0.396 e. The van der Waals surface area contributed by atoms with Gasteiger partial charge >= 0.3 is 0 Å². The first kappa shape index (κ1) is 15.4. The molecule has 7 heteroatoms. The van der Waals surface area contributed by atoms with Gasteiger partial charge in [0.2, 0.25) is 0 Å². The van der Waals surface area contributed by atoms with Crippen molar-refractivity contribution in [3.05, 3.63) is 56.3 Å². The van der Waals surface area contributed by atoms with Crippen molar-refractivity contribution in [2.75, 3.05) is 11.1 Å². The third-order valence-corrected chi connectivity index (χ3v) is 5.38. The van der Waals surface area contributed by atoms with Crippen molar-refractivity contribution in [3.8, 4) is 0 Å². The van der Waals surface area contributed by atoms with Crippen molar-refractivity contribution in [1.82, 2.24) is 0 Å². The molecular weight excluding hydrogens is 363 g/mol. The highest BCUT2D eigenvalue weighted by Gasteiger charge is 2.17. The van der Waals surface area contributed by atoms with E-state index in [1.54, 1.807) is 12.1 Å². The summed E-state index contributed by atoms with van der Waals surface area (Å²) in [5.74, 6) is -0.317. The van der Waals surface area contributed by atoms with Crippen LogP contribution >= 0.6 is 46.1 Å². The van der Waals surface area contributed by atoms with Crippen LogP contribution in [0.25, 0.3) is 10.1 Å². The van der Waals surface area contributed by atoms with E-state index >= 15 is 0 Å². The van der Waals surface area contributed by atoms with Crippen molar-refractivity contribution in [3.63, 3.8) is 0 Å². The second-order valence-electron chi connectivity index (χ2n) is 4.55. The topological polar surface area (TPSA) is 55.1 Å². The average molecular weight is 372 g/mol. The quantitative estimate of drug-likeness (QED) is 0.568. The van der Waals surface area contributed by atoms with Gasteiger partial charge in [-0.05, 0) is 18.2 Å². The molecule has 112 valence electrons. The van der Waals surface area contributed by atoms with Crippen molar-refractivity contribution >= 4 is 73.5 Å². The van der Waals surface area contributed by atoms with Crippen LogP contribution in [0.1, 0.15) is 9.67 Å². The maximum Gasteiger partial charge on any atom is 0.267 e. The smallest absolute Gasteiger partial charge is 0.267 e. The molecule has 0 bridgehead atoms. The van der Waals surface area contributed by atoms with E-state index in [1.165, 1.54) is 11.3 Å². The predicted octanol–water partition coefficient (Wildman–Crippen LogP) is 5.70. The number of hydrogen-bond donors (Lipinski definition) is 2. The van der Waals surface area contributed by atoms with E-state index in [1.807, 2.05) is 24.3 Å². The van der Waals surface area contributed by atoms with Gasteiger partial charge in [-0.2, -0.15) is 0 Å². The summed E-state index contributed by atoms with van der Waals surface area (Å²) in [6, 6.07) is 10.7. The Morgan fingerprint density at radius 1 is 1.09 bits per heavy atom. The molecule has 0 aliphatic carbocycles. The predicted molar refractivity (Wildman–Crippen MR) is 95.7 cm³/mol. The van der Waals surface area contributed by atoms with Crippen molar-refractivity contribution in [2.24, 2.45) is 0 Å². The number of nitrogens with one attached hydrogen (secondary N) is 1. The molecule has 0 radical (unpaired) electrons. The molecule has 3 rings (SSSR count). The van der Waals surface area contributed by atoms with Crippen LogP contribution in [0.2, 0.25) is 15.1 Å². The highest BCUT2D eigenvalue weighted by Crippen LogP contribution is 2.36. The first-order valence-electron chi connectivity index (χ1n) is 6.20. The van der Waals surface area contributed by atoms with Crippen LogP contribution in [0.5, 0.6) is 0 Å². The summed E-state index contributed by atoms with van der Waals surface area (Å²) in [6.07, 6.45) is 0. The van der Waals surface area contributed by atoms with Gasteiger partial charge in [0.25, 0.3) is 5.91 Å². The molecule has 0 saturated carbocycles. The second-order valence-corrected chi connectivity index (χ2v) is 6.79. The Hall–Kier alpha value is -1.46. The molecule has 1 amide bonds. The van der Waals surface area contributed by atoms with E-state index in [0.29, 0.717) is 15.6 Å². The molecule has 3 N–H and O–H groups in total. The van der Waals surface area contributed by atoms with Crippen LogP contribution in [-0.2, 0) is 0 Å². The summed E-state index contributed by atoms with van der Waals surface area (Å²) in [6.45, 7) is 0. The Kier molecular flexibility index (Phi) is 4.19. The Balaban J connectivity index is 1.95. The molecule has 0 atom stereocenters. The van der Waals surface area contributed by atoms with Crippen LogP contribution in [0.3, 0.4) is 0 Å². The summed E-state index contributed by atoms with van der Waals surface area (Å²) in [5.41, 5.74) is 6.41. The fourth-order valence-corrected chi connectivity index (χ4v) is 3.90. The molecule has 2 aromatic carbocycles. The number of benzene rings is 2. The number of rotatable bonds is 2. The number of amides is 1. The van der Waals surface area contributed by atoms with Gasteiger partial charge in [0, 0.05) is 15.8 Å². The maximum atomic E-state index is 12.4. The maximum absolute atomic E-state index is 12.4. The number of anilines is 2. The van der Waals surface area contributed by atoms with Crippen LogP contribution in [-0.4, -0.2) is 5.91 Å². The van der Waals surface area contributed by atoms with Gasteiger partial charge in [-0.15, -0.1) is 11.3 Å². The monoisotopic (exact) mass is 370 g/mol. The van der Waals surface area contributed by atoms with Gasteiger partial charge in [-0.25, -0.2) is 0 Å². The van der Waals surface area contributed by atoms with Crippen LogP contribution in [0.4, 0.5) is 11.4 Å². The molecule has 0 aliphatic heterocycles. The summed E-state index contributed by atoms with van der Waals surface area (Å²) in [4.78, 5) is 12.8. The van der Waals surface area contributed by atoms with Crippen molar-refractivity contribution < 1.29 is 4.79 Å². The first-order valence-corrected chi connectivity index (χ1v) is 8.15. The Labute approximate surface area is 145 Å². The molecule has 3 nitrogen and oxygen atoms in total. The zero-order chi connectivity index (χ0) is 15.9. The van der Waals surface area contributed by atoms with E-state index in [-0.39, 0.29) is 21.6 Å². The van der Waals surface area contributed by atoms with Gasteiger partial charge in [0.1, 0.15) is 4.88 Å². The second kappa shape index (κ2) is 5.97. The first-order chi connectivity index (χ1) is 10.5. The van der Waals surface area contributed by atoms with E-state index in [4.69, 9.17) is 40.5 Å². The molecule has 1 heterocycles. The van der Waals surface area contributed by atoms with Gasteiger partial charge in [-0.3, -0.25) is 4.79 Å². The highest BCUT2D eigenvalue weighted by molar-refractivity contribution is 7.21. The summed E-state index contributed by atoms with van der Waals surface area (Å²) >= 11 is 19.5. The minimum atomic E-state index is -0.317. The minimum absolute atomic E-state index is 0.279. The molecule has 3 aromatic rings. The highest BCUT2D eigenvalue weighted by atomic mass is 35.5. The number of nitrogens with two attached hydrogens (primary N) is 1. The summed E-state index contributed by atoms with van der Waals surface area (Å²) in [7, 11) is 0. The molecule has 0 saturated heterocycles. The zero-order valence-electron chi connectivity index (χ0n) is 11.0. The Morgan fingerprint density at radius 2 is 1.73 bits per heavy atom. The van der Waals surface area contributed by atoms with Crippen LogP contribution in [0, 0.1) is 0 Å². The standard InChI is InChI=1S/C15H9Cl3N2OS/c16-9-5-7(6-10(17)13(9)19)20-15(21)14-12(18)8-3-1-2-4-11(8)22-14/h1-6H,19H2,(H,20,21). The lowest BCUT2D eigenvalue weighted by Gasteiger charge is -2.07. The normalized spacial score (nSPS) is 10.9. The Morgan fingerprint density at radius 3 is 2.36 bits per heavy atom. The lowest BCUT2D eigenvalue weighted by molar-refractivity contribution is 0.103. The van der Waals surface area contributed by atoms with E-state index in [9.17, 15) is 4.79 Å². The zero-order valence-corrected chi connectivity index (χ0v) is 14.1. The SMILES string of the molecule is Nc1c(Cl)cc(NC(=O)c2sc3ccccc3c2Cl)cc1Cl. The van der Waals surface area contributed by atoms with Gasteiger partial charge in [0.05, 0.1) is 20.8 Å². The molecule has 1 aromatic heterocycles. The molecule has 0 spiro atoms.